The van der Waals surface area contributed by atoms with E-state index in [-0.39, 0.29) is 18.2 Å². The van der Waals surface area contributed by atoms with Crippen LogP contribution in [0.4, 0.5) is 0 Å². The average Bonchev–Trinajstić information content (AvgIpc) is 3.43. The summed E-state index contributed by atoms with van der Waals surface area (Å²) < 4.78 is 13.1. The minimum Gasteiger partial charge on any atom is -0.497 e. The van der Waals surface area contributed by atoms with E-state index in [0.717, 1.165) is 23.0 Å². The first-order valence-electron chi connectivity index (χ1n) is 8.45. The molecule has 0 N–H and O–H groups in total. The standard InChI is InChI=1S/C19H16N4O4/c1-26-16-6-2-12(3-7-16)17-21-14(11-27-17)10-23-18(24)13(8-20)9-22(19(23)25)15-4-5-15/h2-3,6-7,9,11,15H,4-5,10H2,1H3. The van der Waals surface area contributed by atoms with Gasteiger partial charge in [-0.05, 0) is 37.1 Å². The van der Waals surface area contributed by atoms with Crippen LogP contribution in [0.25, 0.3) is 11.5 Å². The highest BCUT2D eigenvalue weighted by molar-refractivity contribution is 5.54. The zero-order valence-electron chi connectivity index (χ0n) is 14.6. The fourth-order valence-electron chi connectivity index (χ4n) is 2.86. The SMILES string of the molecule is COc1ccc(-c2nc(Cn3c(=O)c(C#N)cn(C4CC4)c3=O)co2)cc1. The van der Waals surface area contributed by atoms with Crippen LogP contribution in [0.1, 0.15) is 30.1 Å². The second kappa shape index (κ2) is 6.61. The highest BCUT2D eigenvalue weighted by Gasteiger charge is 2.27. The van der Waals surface area contributed by atoms with E-state index in [4.69, 9.17) is 9.15 Å². The zero-order chi connectivity index (χ0) is 19.0. The summed E-state index contributed by atoms with van der Waals surface area (Å²) in [5.41, 5.74) is 0.0669. The van der Waals surface area contributed by atoms with E-state index in [2.05, 4.69) is 4.98 Å². The number of nitriles is 1. The molecule has 0 unspecified atom stereocenters. The van der Waals surface area contributed by atoms with Gasteiger partial charge >= 0.3 is 5.69 Å². The summed E-state index contributed by atoms with van der Waals surface area (Å²) in [7, 11) is 1.58. The average molecular weight is 364 g/mol. The highest BCUT2D eigenvalue weighted by atomic mass is 16.5. The van der Waals surface area contributed by atoms with Crippen molar-refractivity contribution in [2.24, 2.45) is 0 Å². The van der Waals surface area contributed by atoms with Gasteiger partial charge in [0, 0.05) is 17.8 Å². The van der Waals surface area contributed by atoms with Gasteiger partial charge in [-0.25, -0.2) is 9.78 Å². The lowest BCUT2D eigenvalue weighted by atomic mass is 10.2. The number of rotatable bonds is 5. The minimum atomic E-state index is -0.617. The summed E-state index contributed by atoms with van der Waals surface area (Å²) in [5, 5.41) is 9.20. The van der Waals surface area contributed by atoms with Gasteiger partial charge in [0.15, 0.2) is 0 Å². The van der Waals surface area contributed by atoms with Crippen molar-refractivity contribution in [2.75, 3.05) is 7.11 Å². The molecule has 1 fully saturated rings. The lowest BCUT2D eigenvalue weighted by Gasteiger charge is -2.08. The lowest BCUT2D eigenvalue weighted by molar-refractivity contribution is 0.415. The van der Waals surface area contributed by atoms with E-state index in [1.165, 1.54) is 17.0 Å². The Hall–Kier alpha value is -3.60. The summed E-state index contributed by atoms with van der Waals surface area (Å²) in [4.78, 5) is 29.4. The summed E-state index contributed by atoms with van der Waals surface area (Å²) in [6.07, 6.45) is 4.50. The van der Waals surface area contributed by atoms with E-state index in [1.807, 2.05) is 6.07 Å². The maximum atomic E-state index is 12.6. The molecule has 2 aromatic heterocycles. The van der Waals surface area contributed by atoms with Gasteiger partial charge in [0.05, 0.1) is 19.3 Å². The molecule has 0 radical (unpaired) electrons. The van der Waals surface area contributed by atoms with Gasteiger partial charge in [-0.3, -0.25) is 13.9 Å². The molecule has 0 aliphatic heterocycles. The molecule has 1 aliphatic carbocycles. The fraction of sp³-hybridized carbons (Fsp3) is 0.263. The van der Waals surface area contributed by atoms with E-state index in [1.54, 1.807) is 31.4 Å². The van der Waals surface area contributed by atoms with Crippen molar-refractivity contribution in [3.05, 3.63) is 68.8 Å². The smallest absolute Gasteiger partial charge is 0.331 e. The van der Waals surface area contributed by atoms with Crippen LogP contribution in [0.15, 0.2) is 50.7 Å². The number of methoxy groups -OCH3 is 1. The van der Waals surface area contributed by atoms with Crippen LogP contribution in [0.3, 0.4) is 0 Å². The number of hydrogen-bond donors (Lipinski definition) is 0. The lowest BCUT2D eigenvalue weighted by Crippen LogP contribution is -2.41. The maximum absolute atomic E-state index is 12.6. The Morgan fingerprint density at radius 3 is 2.67 bits per heavy atom. The first-order valence-corrected chi connectivity index (χ1v) is 8.45. The second-order valence-corrected chi connectivity index (χ2v) is 6.34. The topological polar surface area (TPSA) is 103 Å². The molecule has 8 heteroatoms. The quantitative estimate of drug-likeness (QED) is 0.685. The number of hydrogen-bond acceptors (Lipinski definition) is 6. The molecule has 2 heterocycles. The molecule has 8 nitrogen and oxygen atoms in total. The molecular weight excluding hydrogens is 348 g/mol. The van der Waals surface area contributed by atoms with Crippen molar-refractivity contribution in [1.29, 1.82) is 5.26 Å². The van der Waals surface area contributed by atoms with Gasteiger partial charge in [0.2, 0.25) is 5.89 Å². The van der Waals surface area contributed by atoms with Crippen LogP contribution < -0.4 is 16.0 Å². The Kier molecular flexibility index (Phi) is 4.12. The Morgan fingerprint density at radius 2 is 2.04 bits per heavy atom. The molecule has 0 amide bonds. The molecule has 0 spiro atoms. The number of ether oxygens (including phenoxy) is 1. The van der Waals surface area contributed by atoms with Crippen LogP contribution >= 0.6 is 0 Å². The molecule has 3 aromatic rings. The van der Waals surface area contributed by atoms with Gasteiger partial charge in [0.1, 0.15) is 23.6 Å². The van der Waals surface area contributed by atoms with Gasteiger partial charge in [-0.2, -0.15) is 5.26 Å². The first kappa shape index (κ1) is 16.8. The van der Waals surface area contributed by atoms with E-state index in [9.17, 15) is 14.9 Å². The van der Waals surface area contributed by atoms with Crippen molar-refractivity contribution >= 4 is 0 Å². The monoisotopic (exact) mass is 364 g/mol. The molecule has 0 saturated heterocycles. The molecular formula is C19H16N4O4. The maximum Gasteiger partial charge on any atom is 0.331 e. The third-order valence-corrected chi connectivity index (χ3v) is 4.47. The molecule has 0 atom stereocenters. The summed E-state index contributed by atoms with van der Waals surface area (Å²) in [6.45, 7) is -0.0560. The normalized spacial score (nSPS) is 13.3. The van der Waals surface area contributed by atoms with Crippen LogP contribution in [-0.4, -0.2) is 21.2 Å². The van der Waals surface area contributed by atoms with Gasteiger partial charge in [-0.1, -0.05) is 0 Å². The van der Waals surface area contributed by atoms with Gasteiger partial charge in [0.25, 0.3) is 5.56 Å². The summed E-state index contributed by atoms with van der Waals surface area (Å²) in [5.74, 6) is 1.09. The Morgan fingerprint density at radius 1 is 1.30 bits per heavy atom. The Labute approximate surface area is 153 Å². The molecule has 27 heavy (non-hydrogen) atoms. The van der Waals surface area contributed by atoms with E-state index < -0.39 is 11.2 Å². The molecule has 1 aliphatic rings. The zero-order valence-corrected chi connectivity index (χ0v) is 14.6. The summed E-state index contributed by atoms with van der Waals surface area (Å²) in [6, 6.07) is 9.10. The third kappa shape index (κ3) is 3.15. The number of nitrogens with zero attached hydrogens (tertiary/aromatic N) is 4. The number of aromatic nitrogens is 3. The Balaban J connectivity index is 1.68. The first-order chi connectivity index (χ1) is 13.1. The predicted molar refractivity (Wildman–Crippen MR) is 95.5 cm³/mol. The van der Waals surface area contributed by atoms with E-state index >= 15 is 0 Å². The van der Waals surface area contributed by atoms with Crippen molar-refractivity contribution in [1.82, 2.24) is 14.1 Å². The molecule has 0 bridgehead atoms. The van der Waals surface area contributed by atoms with Crippen LogP contribution in [0.5, 0.6) is 5.75 Å². The van der Waals surface area contributed by atoms with Gasteiger partial charge in [-0.15, -0.1) is 0 Å². The third-order valence-electron chi connectivity index (χ3n) is 4.47. The predicted octanol–water partition coefficient (Wildman–Crippen LogP) is 1.93. The van der Waals surface area contributed by atoms with Crippen LogP contribution in [0.2, 0.25) is 0 Å². The number of benzene rings is 1. The van der Waals surface area contributed by atoms with Crippen molar-refractivity contribution in [3.8, 4) is 23.3 Å². The van der Waals surface area contributed by atoms with Crippen molar-refractivity contribution < 1.29 is 9.15 Å². The minimum absolute atomic E-state index is 0.0552. The molecule has 4 rings (SSSR count). The second-order valence-electron chi connectivity index (χ2n) is 6.34. The van der Waals surface area contributed by atoms with Crippen LogP contribution in [-0.2, 0) is 6.54 Å². The molecule has 136 valence electrons. The fourth-order valence-corrected chi connectivity index (χ4v) is 2.86. The number of oxazole rings is 1. The molecule has 1 saturated carbocycles. The van der Waals surface area contributed by atoms with Crippen LogP contribution in [0, 0.1) is 11.3 Å². The van der Waals surface area contributed by atoms with Gasteiger partial charge < -0.3 is 9.15 Å². The van der Waals surface area contributed by atoms with Crippen molar-refractivity contribution in [3.63, 3.8) is 0 Å². The summed E-state index contributed by atoms with van der Waals surface area (Å²) >= 11 is 0. The highest BCUT2D eigenvalue weighted by Crippen LogP contribution is 2.33. The Bertz CT molecular complexity index is 1140. The largest absolute Gasteiger partial charge is 0.497 e. The molecule has 1 aromatic carbocycles. The van der Waals surface area contributed by atoms with Crippen molar-refractivity contribution in [2.45, 2.75) is 25.4 Å². The van der Waals surface area contributed by atoms with E-state index in [0.29, 0.717) is 17.3 Å².